The van der Waals surface area contributed by atoms with Gasteiger partial charge in [0.25, 0.3) is 11.8 Å². The van der Waals surface area contributed by atoms with Crippen LogP contribution in [0.15, 0.2) is 24.5 Å². The summed E-state index contributed by atoms with van der Waals surface area (Å²) in [6.07, 6.45) is 10.3. The van der Waals surface area contributed by atoms with Gasteiger partial charge in [-0.25, -0.2) is 9.37 Å². The highest BCUT2D eigenvalue weighted by Crippen LogP contribution is 2.51. The van der Waals surface area contributed by atoms with Crippen LogP contribution in [-0.2, 0) is 9.53 Å². The van der Waals surface area contributed by atoms with E-state index in [0.29, 0.717) is 30.7 Å². The topological polar surface area (TPSA) is 101 Å². The van der Waals surface area contributed by atoms with Crippen molar-refractivity contribution in [2.75, 3.05) is 57.9 Å². The molecule has 3 heterocycles. The van der Waals surface area contributed by atoms with Gasteiger partial charge in [0.15, 0.2) is 5.82 Å². The molecule has 1 atom stereocenters. The maximum absolute atomic E-state index is 14.3. The molecule has 2 aromatic rings. The lowest BCUT2D eigenvalue weighted by Crippen LogP contribution is -2.61. The predicted octanol–water partition coefficient (Wildman–Crippen LogP) is 5.38. The Morgan fingerprint density at radius 1 is 1.13 bits per heavy atom. The Bertz CT molecular complexity index is 1400. The summed E-state index contributed by atoms with van der Waals surface area (Å²) >= 11 is 0. The molecular formula is C35H49FN6O4. The monoisotopic (exact) mass is 636 g/mol. The minimum atomic E-state index is -0.502. The van der Waals surface area contributed by atoms with Gasteiger partial charge in [-0.2, -0.15) is 0 Å². The zero-order valence-corrected chi connectivity index (χ0v) is 27.8. The maximum Gasteiger partial charge on any atom is 0.282 e. The molecule has 0 radical (unpaired) electrons. The van der Waals surface area contributed by atoms with Crippen molar-refractivity contribution in [2.24, 2.45) is 22.7 Å². The number of hydrogen-bond donors (Lipinski definition) is 0. The van der Waals surface area contributed by atoms with E-state index < -0.39 is 5.82 Å². The lowest BCUT2D eigenvalue weighted by atomic mass is 9.68. The standard InChI is InChI=1S/C35H49FN6O4/c1-5-42(24(2)3)33(44)28-16-27(36)6-7-30(28)46-32-31(37-23-38-39-32)41-21-35(22-41)12-14-40(15-13-35)19-25-8-10-34(11-9-25)17-26(20-45-4)29(43)18-34/h6-7,16,23-26H,5,8-15,17-22H2,1-4H3/t25?,26-,34?/m0/s1. The molecule has 0 bridgehead atoms. The lowest BCUT2D eigenvalue weighted by molar-refractivity contribution is -0.122. The SMILES string of the molecule is CCN(C(=O)c1cc(F)ccc1Oc1nncnc1N1CC2(CCN(CC3CCC4(CC3)CC(=O)[C@H](COC)C4)CC2)C1)C(C)C. The van der Waals surface area contributed by atoms with Crippen LogP contribution in [0, 0.1) is 28.5 Å². The summed E-state index contributed by atoms with van der Waals surface area (Å²) in [4.78, 5) is 36.8. The molecule has 11 heteroatoms. The lowest BCUT2D eigenvalue weighted by Gasteiger charge is -2.54. The Morgan fingerprint density at radius 3 is 2.54 bits per heavy atom. The molecule has 2 saturated heterocycles. The normalized spacial score (nSPS) is 26.1. The van der Waals surface area contributed by atoms with E-state index in [1.807, 2.05) is 20.8 Å². The minimum absolute atomic E-state index is 0.0425. The summed E-state index contributed by atoms with van der Waals surface area (Å²) in [6.45, 7) is 11.9. The number of hydrogen-bond acceptors (Lipinski definition) is 9. The fourth-order valence-electron chi connectivity index (χ4n) is 8.54. The first kappa shape index (κ1) is 32.7. The smallest absolute Gasteiger partial charge is 0.282 e. The minimum Gasteiger partial charge on any atom is -0.434 e. The zero-order chi connectivity index (χ0) is 32.5. The summed E-state index contributed by atoms with van der Waals surface area (Å²) < 4.78 is 25.7. The van der Waals surface area contributed by atoms with Crippen LogP contribution < -0.4 is 9.64 Å². The molecule has 4 aliphatic rings. The second-order valence-electron chi connectivity index (χ2n) is 14.6. The van der Waals surface area contributed by atoms with Gasteiger partial charge in [-0.05, 0) is 108 Å². The number of halogens is 1. The number of carbonyl (C=O) groups is 2. The van der Waals surface area contributed by atoms with Crippen molar-refractivity contribution in [3.8, 4) is 11.6 Å². The molecule has 250 valence electrons. The Morgan fingerprint density at radius 2 is 1.87 bits per heavy atom. The second kappa shape index (κ2) is 13.5. The number of likely N-dealkylation sites (tertiary alicyclic amines) is 1. The van der Waals surface area contributed by atoms with E-state index >= 15 is 0 Å². The Hall–Kier alpha value is -3.18. The Kier molecular flexibility index (Phi) is 9.62. The molecule has 0 unspecified atom stereocenters. The third-order valence-electron chi connectivity index (χ3n) is 11.2. The largest absolute Gasteiger partial charge is 0.434 e. The van der Waals surface area contributed by atoms with Crippen molar-refractivity contribution in [3.63, 3.8) is 0 Å². The van der Waals surface area contributed by atoms with Crippen LogP contribution in [0.5, 0.6) is 11.6 Å². The molecule has 46 heavy (non-hydrogen) atoms. The number of anilines is 1. The number of methoxy groups -OCH3 is 1. The number of rotatable bonds is 10. The number of carbonyl (C=O) groups excluding carboxylic acids is 2. The summed E-state index contributed by atoms with van der Waals surface area (Å²) in [5.74, 6) is 1.48. The highest BCUT2D eigenvalue weighted by Gasteiger charge is 2.48. The van der Waals surface area contributed by atoms with E-state index in [-0.39, 0.29) is 45.9 Å². The van der Waals surface area contributed by atoms with E-state index in [0.717, 1.165) is 58.4 Å². The van der Waals surface area contributed by atoms with Crippen molar-refractivity contribution in [2.45, 2.75) is 78.2 Å². The summed E-state index contributed by atoms with van der Waals surface area (Å²) in [7, 11) is 1.70. The van der Waals surface area contributed by atoms with Gasteiger partial charge in [0.05, 0.1) is 12.2 Å². The average Bonchev–Trinajstić information content (AvgIpc) is 3.33. The molecule has 1 amide bonds. The van der Waals surface area contributed by atoms with Crippen molar-refractivity contribution in [1.29, 1.82) is 0 Å². The molecule has 1 aromatic heterocycles. The van der Waals surface area contributed by atoms with Crippen molar-refractivity contribution in [1.82, 2.24) is 25.0 Å². The number of ether oxygens (including phenoxy) is 2. The number of benzene rings is 1. The molecular weight excluding hydrogens is 587 g/mol. The van der Waals surface area contributed by atoms with Gasteiger partial charge in [-0.3, -0.25) is 9.59 Å². The van der Waals surface area contributed by atoms with E-state index in [4.69, 9.17) is 9.47 Å². The predicted molar refractivity (Wildman–Crippen MR) is 172 cm³/mol. The maximum atomic E-state index is 14.3. The van der Waals surface area contributed by atoms with Gasteiger partial charge in [0.2, 0.25) is 0 Å². The number of Topliss-reactive ketones (excluding diaryl/α,β-unsaturated/α-hetero) is 1. The van der Waals surface area contributed by atoms with Crippen molar-refractivity contribution >= 4 is 17.5 Å². The van der Waals surface area contributed by atoms with Crippen LogP contribution in [-0.4, -0.2) is 95.7 Å². The first-order valence-corrected chi connectivity index (χ1v) is 17.1. The number of aromatic nitrogens is 3. The van der Waals surface area contributed by atoms with Crippen LogP contribution in [0.2, 0.25) is 0 Å². The summed E-state index contributed by atoms with van der Waals surface area (Å²) in [6, 6.07) is 3.93. The molecule has 2 aliphatic carbocycles. The third-order valence-corrected chi connectivity index (χ3v) is 11.2. The highest BCUT2D eigenvalue weighted by atomic mass is 19.1. The fraction of sp³-hybridized carbons (Fsp3) is 0.686. The molecule has 2 saturated carbocycles. The average molecular weight is 637 g/mol. The van der Waals surface area contributed by atoms with Gasteiger partial charge in [0, 0.05) is 57.1 Å². The molecule has 6 rings (SSSR count). The molecule has 2 spiro atoms. The van der Waals surface area contributed by atoms with Crippen LogP contribution in [0.1, 0.15) is 82.5 Å². The van der Waals surface area contributed by atoms with E-state index in [9.17, 15) is 14.0 Å². The Labute approximate surface area is 272 Å². The van der Waals surface area contributed by atoms with E-state index in [2.05, 4.69) is 25.0 Å². The molecule has 1 aromatic carbocycles. The van der Waals surface area contributed by atoms with Gasteiger partial charge in [-0.1, -0.05) is 0 Å². The fourth-order valence-corrected chi connectivity index (χ4v) is 8.54. The number of nitrogens with zero attached hydrogens (tertiary/aromatic N) is 6. The number of amides is 1. The van der Waals surface area contributed by atoms with Gasteiger partial charge >= 0.3 is 0 Å². The Balaban J connectivity index is 1.02. The molecule has 10 nitrogen and oxygen atoms in total. The first-order chi connectivity index (χ1) is 22.1. The van der Waals surface area contributed by atoms with Gasteiger partial charge in [0.1, 0.15) is 23.7 Å². The van der Waals surface area contributed by atoms with Gasteiger partial charge in [-0.15, -0.1) is 10.2 Å². The number of piperidine rings is 1. The van der Waals surface area contributed by atoms with Crippen molar-refractivity contribution < 1.29 is 23.5 Å². The van der Waals surface area contributed by atoms with Crippen LogP contribution >= 0.6 is 0 Å². The second-order valence-corrected chi connectivity index (χ2v) is 14.6. The van der Waals surface area contributed by atoms with E-state index in [1.54, 1.807) is 12.0 Å². The zero-order valence-electron chi connectivity index (χ0n) is 27.8. The van der Waals surface area contributed by atoms with Crippen LogP contribution in [0.25, 0.3) is 0 Å². The number of ketones is 1. The van der Waals surface area contributed by atoms with Crippen LogP contribution in [0.3, 0.4) is 0 Å². The van der Waals surface area contributed by atoms with Crippen molar-refractivity contribution in [3.05, 3.63) is 35.9 Å². The van der Waals surface area contributed by atoms with Gasteiger partial charge < -0.3 is 24.2 Å². The highest BCUT2D eigenvalue weighted by molar-refractivity contribution is 5.97. The molecule has 0 N–H and O–H groups in total. The molecule has 2 aliphatic heterocycles. The molecule has 4 fully saturated rings. The quantitative estimate of drug-likeness (QED) is 0.340. The van der Waals surface area contributed by atoms with Crippen LogP contribution in [0.4, 0.5) is 10.2 Å². The summed E-state index contributed by atoms with van der Waals surface area (Å²) in [5, 5.41) is 8.18. The summed E-state index contributed by atoms with van der Waals surface area (Å²) in [5.41, 5.74) is 0.625. The van der Waals surface area contributed by atoms with E-state index in [1.165, 1.54) is 50.2 Å². The first-order valence-electron chi connectivity index (χ1n) is 17.1. The third kappa shape index (κ3) is 6.76.